The van der Waals surface area contributed by atoms with Gasteiger partial charge in [0.05, 0.1) is 10.9 Å². The fraction of sp³-hybridized carbons (Fsp3) is 0.438. The molecule has 1 aromatic carbocycles. The Labute approximate surface area is 141 Å². The highest BCUT2D eigenvalue weighted by molar-refractivity contribution is 7.92. The molecule has 0 bridgehead atoms. The van der Waals surface area contributed by atoms with Crippen LogP contribution in [0.3, 0.4) is 0 Å². The molecule has 0 aliphatic carbocycles. The molecule has 1 amide bonds. The van der Waals surface area contributed by atoms with Crippen LogP contribution >= 0.6 is 0 Å². The quantitative estimate of drug-likeness (QED) is 0.832. The van der Waals surface area contributed by atoms with Crippen LogP contribution in [-0.2, 0) is 14.6 Å². The molecule has 0 aliphatic heterocycles. The lowest BCUT2D eigenvalue weighted by atomic mass is 10.1. The maximum atomic E-state index is 12.1. The SMILES string of the molecule is CC(C)c1nc(-c2ccccc2NC(=O)CS(=O)(=O)C(C)C)n[nH]1. The summed E-state index contributed by atoms with van der Waals surface area (Å²) in [4.78, 5) is 16.5. The van der Waals surface area contributed by atoms with Gasteiger partial charge in [-0.05, 0) is 26.0 Å². The lowest BCUT2D eigenvalue weighted by molar-refractivity contribution is -0.113. The molecule has 2 aromatic rings. The molecule has 2 N–H and O–H groups in total. The van der Waals surface area contributed by atoms with Crippen LogP contribution in [0.25, 0.3) is 11.4 Å². The highest BCUT2D eigenvalue weighted by Gasteiger charge is 2.21. The number of aromatic nitrogens is 3. The molecule has 0 atom stereocenters. The van der Waals surface area contributed by atoms with Gasteiger partial charge in [0.15, 0.2) is 15.7 Å². The van der Waals surface area contributed by atoms with Crippen LogP contribution < -0.4 is 5.32 Å². The zero-order valence-electron chi connectivity index (χ0n) is 14.2. The summed E-state index contributed by atoms with van der Waals surface area (Å²) in [5, 5.41) is 9.09. The first-order valence-electron chi connectivity index (χ1n) is 7.74. The molecule has 1 aromatic heterocycles. The zero-order chi connectivity index (χ0) is 17.9. The average Bonchev–Trinajstić information content (AvgIpc) is 2.96. The van der Waals surface area contributed by atoms with Crippen LogP contribution in [0, 0.1) is 0 Å². The third-order valence-electron chi connectivity index (χ3n) is 3.54. The molecular weight excluding hydrogens is 328 g/mol. The summed E-state index contributed by atoms with van der Waals surface area (Å²) in [6.45, 7) is 7.10. The number of H-pyrrole nitrogens is 1. The average molecular weight is 350 g/mol. The molecular formula is C16H22N4O3S. The van der Waals surface area contributed by atoms with Gasteiger partial charge in [0.2, 0.25) is 5.91 Å². The van der Waals surface area contributed by atoms with Crippen LogP contribution in [0.4, 0.5) is 5.69 Å². The number of benzene rings is 1. The summed E-state index contributed by atoms with van der Waals surface area (Å²) in [6, 6.07) is 7.04. The summed E-state index contributed by atoms with van der Waals surface area (Å²) >= 11 is 0. The number of sulfone groups is 1. The third kappa shape index (κ3) is 4.19. The van der Waals surface area contributed by atoms with Gasteiger partial charge in [0, 0.05) is 11.5 Å². The Kier molecular flexibility index (Phi) is 5.38. The second-order valence-electron chi connectivity index (χ2n) is 6.15. The van der Waals surface area contributed by atoms with Gasteiger partial charge in [0.1, 0.15) is 11.6 Å². The number of aromatic amines is 1. The third-order valence-corrected chi connectivity index (χ3v) is 5.64. The van der Waals surface area contributed by atoms with Gasteiger partial charge in [-0.1, -0.05) is 26.0 Å². The van der Waals surface area contributed by atoms with Gasteiger partial charge >= 0.3 is 0 Å². The minimum absolute atomic E-state index is 0.198. The largest absolute Gasteiger partial charge is 0.325 e. The molecule has 0 unspecified atom stereocenters. The maximum Gasteiger partial charge on any atom is 0.239 e. The van der Waals surface area contributed by atoms with E-state index >= 15 is 0 Å². The molecule has 2 rings (SSSR count). The van der Waals surface area contributed by atoms with Gasteiger partial charge in [-0.15, -0.1) is 0 Å². The van der Waals surface area contributed by atoms with E-state index in [1.54, 1.807) is 38.1 Å². The Morgan fingerprint density at radius 1 is 1.21 bits per heavy atom. The molecule has 0 spiro atoms. The molecule has 0 saturated carbocycles. The van der Waals surface area contributed by atoms with Crippen molar-refractivity contribution in [1.82, 2.24) is 15.2 Å². The molecule has 0 aliphatic rings. The van der Waals surface area contributed by atoms with Crippen molar-refractivity contribution in [2.24, 2.45) is 0 Å². The van der Waals surface area contributed by atoms with Gasteiger partial charge in [-0.2, -0.15) is 5.10 Å². The molecule has 7 nitrogen and oxygen atoms in total. The lowest BCUT2D eigenvalue weighted by Gasteiger charge is -2.10. The topological polar surface area (TPSA) is 105 Å². The minimum atomic E-state index is -3.45. The van der Waals surface area contributed by atoms with Gasteiger partial charge in [0.25, 0.3) is 0 Å². The number of nitrogens with one attached hydrogen (secondary N) is 2. The van der Waals surface area contributed by atoms with Crippen molar-refractivity contribution in [3.05, 3.63) is 30.1 Å². The van der Waals surface area contributed by atoms with E-state index < -0.39 is 26.7 Å². The number of hydrogen-bond donors (Lipinski definition) is 2. The maximum absolute atomic E-state index is 12.1. The van der Waals surface area contributed by atoms with Crippen molar-refractivity contribution in [3.8, 4) is 11.4 Å². The molecule has 8 heteroatoms. The number of carbonyl (C=O) groups excluding carboxylic acids is 1. The highest BCUT2D eigenvalue weighted by Crippen LogP contribution is 2.26. The lowest BCUT2D eigenvalue weighted by Crippen LogP contribution is -2.28. The van der Waals surface area contributed by atoms with E-state index in [0.29, 0.717) is 17.1 Å². The van der Waals surface area contributed by atoms with Crippen molar-refractivity contribution in [2.45, 2.75) is 38.9 Å². The summed E-state index contributed by atoms with van der Waals surface area (Å²) in [6.07, 6.45) is 0. The highest BCUT2D eigenvalue weighted by atomic mass is 32.2. The zero-order valence-corrected chi connectivity index (χ0v) is 15.0. The van der Waals surface area contributed by atoms with Gasteiger partial charge in [-0.25, -0.2) is 13.4 Å². The first kappa shape index (κ1) is 18.1. The van der Waals surface area contributed by atoms with Crippen LogP contribution in [0.1, 0.15) is 39.4 Å². The van der Waals surface area contributed by atoms with Crippen LogP contribution in [0.15, 0.2) is 24.3 Å². The smallest absolute Gasteiger partial charge is 0.239 e. The van der Waals surface area contributed by atoms with E-state index in [0.717, 1.165) is 5.82 Å². The molecule has 0 radical (unpaired) electrons. The van der Waals surface area contributed by atoms with Crippen LogP contribution in [0.5, 0.6) is 0 Å². The normalized spacial score (nSPS) is 11.9. The van der Waals surface area contributed by atoms with Crippen molar-refractivity contribution < 1.29 is 13.2 Å². The molecule has 1 heterocycles. The number of carbonyl (C=O) groups is 1. The summed E-state index contributed by atoms with van der Waals surface area (Å²) < 4.78 is 23.7. The first-order valence-corrected chi connectivity index (χ1v) is 9.45. The van der Waals surface area contributed by atoms with Crippen molar-refractivity contribution in [3.63, 3.8) is 0 Å². The van der Waals surface area contributed by atoms with Crippen molar-refractivity contribution in [2.75, 3.05) is 11.1 Å². The molecule has 0 saturated heterocycles. The Morgan fingerprint density at radius 3 is 2.46 bits per heavy atom. The summed E-state index contributed by atoms with van der Waals surface area (Å²) in [5.41, 5.74) is 1.12. The minimum Gasteiger partial charge on any atom is -0.325 e. The van der Waals surface area contributed by atoms with E-state index in [1.807, 2.05) is 13.8 Å². The van der Waals surface area contributed by atoms with Crippen molar-refractivity contribution in [1.29, 1.82) is 0 Å². The first-order chi connectivity index (χ1) is 11.2. The standard InChI is InChI=1S/C16H22N4O3S/c1-10(2)15-18-16(20-19-15)12-7-5-6-8-13(12)17-14(21)9-24(22,23)11(3)4/h5-8,10-11H,9H2,1-4H3,(H,17,21)(H,18,19,20). The van der Waals surface area contributed by atoms with E-state index in [-0.39, 0.29) is 5.92 Å². The molecule has 130 valence electrons. The number of rotatable bonds is 6. The Bertz CT molecular complexity index is 825. The van der Waals surface area contributed by atoms with E-state index in [4.69, 9.17) is 0 Å². The van der Waals surface area contributed by atoms with Crippen LogP contribution in [0.2, 0.25) is 0 Å². The Hall–Kier alpha value is -2.22. The second kappa shape index (κ2) is 7.12. The van der Waals surface area contributed by atoms with Crippen LogP contribution in [-0.4, -0.2) is 40.5 Å². The Balaban J connectivity index is 2.24. The predicted molar refractivity (Wildman–Crippen MR) is 93.5 cm³/mol. The molecule has 24 heavy (non-hydrogen) atoms. The monoisotopic (exact) mass is 350 g/mol. The summed E-state index contributed by atoms with van der Waals surface area (Å²) in [7, 11) is -3.45. The number of amides is 1. The van der Waals surface area contributed by atoms with Crippen molar-refractivity contribution >= 4 is 21.4 Å². The van der Waals surface area contributed by atoms with E-state index in [2.05, 4.69) is 20.5 Å². The number of anilines is 1. The fourth-order valence-corrected chi connectivity index (χ4v) is 2.75. The Morgan fingerprint density at radius 2 is 1.88 bits per heavy atom. The number of nitrogens with zero attached hydrogens (tertiary/aromatic N) is 2. The van der Waals surface area contributed by atoms with E-state index in [1.165, 1.54) is 0 Å². The predicted octanol–water partition coefficient (Wildman–Crippen LogP) is 2.36. The number of para-hydroxylation sites is 1. The summed E-state index contributed by atoms with van der Waals surface area (Å²) in [5.74, 6) is 0.277. The van der Waals surface area contributed by atoms with Gasteiger partial charge in [-0.3, -0.25) is 9.89 Å². The van der Waals surface area contributed by atoms with E-state index in [9.17, 15) is 13.2 Å². The molecule has 0 fully saturated rings. The van der Waals surface area contributed by atoms with Gasteiger partial charge < -0.3 is 5.32 Å². The second-order valence-corrected chi connectivity index (χ2v) is 8.71. The number of hydrogen-bond acceptors (Lipinski definition) is 5. The fourth-order valence-electron chi connectivity index (χ4n) is 1.98.